The first-order valence-corrected chi connectivity index (χ1v) is 11.3. The molecule has 0 spiro atoms. The number of aryl methyl sites for hydroxylation is 2. The minimum Gasteiger partial charge on any atom is -0.491 e. The average Bonchev–Trinajstić information content (AvgIpc) is 3.23. The van der Waals surface area contributed by atoms with Crippen molar-refractivity contribution in [2.45, 2.75) is 70.1 Å². The molecule has 0 saturated heterocycles. The summed E-state index contributed by atoms with van der Waals surface area (Å²) >= 11 is 0. The zero-order chi connectivity index (χ0) is 20.8. The summed E-state index contributed by atoms with van der Waals surface area (Å²) in [5, 5.41) is 13.0. The number of nitrogens with one attached hydrogen (secondary N) is 1. The third kappa shape index (κ3) is 5.10. The first-order valence-electron chi connectivity index (χ1n) is 11.3. The third-order valence-electron chi connectivity index (χ3n) is 6.08. The number of hydrogen-bond acceptors (Lipinski definition) is 5. The summed E-state index contributed by atoms with van der Waals surface area (Å²) in [6, 6.07) is 8.06. The first-order chi connectivity index (χ1) is 14.7. The third-order valence-corrected chi connectivity index (χ3v) is 6.08. The van der Waals surface area contributed by atoms with Crippen LogP contribution in [0, 0.1) is 0 Å². The highest BCUT2D eigenvalue weighted by Gasteiger charge is 2.23. The average molecular weight is 410 g/mol. The lowest BCUT2D eigenvalue weighted by atomic mass is 9.96. The van der Waals surface area contributed by atoms with Crippen LogP contribution in [0.3, 0.4) is 0 Å². The van der Waals surface area contributed by atoms with Gasteiger partial charge in [-0.15, -0.1) is 0 Å². The molecule has 2 N–H and O–H groups in total. The lowest BCUT2D eigenvalue weighted by Crippen LogP contribution is -2.14. The Kier molecular flexibility index (Phi) is 6.82. The van der Waals surface area contributed by atoms with Crippen LogP contribution in [0.25, 0.3) is 0 Å². The molecule has 2 aromatic heterocycles. The maximum absolute atomic E-state index is 11.7. The summed E-state index contributed by atoms with van der Waals surface area (Å²) in [7, 11) is 0. The monoisotopic (exact) mass is 409 g/mol. The number of ether oxygens (including phenoxy) is 1. The predicted octanol–water partition coefficient (Wildman–Crippen LogP) is 4.52. The molecule has 160 valence electrons. The van der Waals surface area contributed by atoms with Crippen LogP contribution in [0.4, 0.5) is 5.82 Å². The summed E-state index contributed by atoms with van der Waals surface area (Å²) < 4.78 is 5.47. The molecule has 0 saturated carbocycles. The van der Waals surface area contributed by atoms with Crippen molar-refractivity contribution in [3.63, 3.8) is 0 Å². The van der Waals surface area contributed by atoms with E-state index in [2.05, 4.69) is 22.4 Å². The van der Waals surface area contributed by atoms with Crippen LogP contribution in [-0.4, -0.2) is 34.2 Å². The Bertz CT molecular complexity index is 884. The van der Waals surface area contributed by atoms with Crippen molar-refractivity contribution >= 4 is 11.8 Å². The van der Waals surface area contributed by atoms with E-state index in [9.17, 15) is 9.90 Å². The van der Waals surface area contributed by atoms with Crippen molar-refractivity contribution in [2.24, 2.45) is 0 Å². The molecule has 0 bridgehead atoms. The van der Waals surface area contributed by atoms with Crippen molar-refractivity contribution in [3.05, 3.63) is 46.9 Å². The smallest absolute Gasteiger partial charge is 0.312 e. The van der Waals surface area contributed by atoms with Gasteiger partial charge in [0.25, 0.3) is 0 Å². The largest absolute Gasteiger partial charge is 0.491 e. The number of aliphatic carboxylic acids is 1. The molecule has 0 aromatic carbocycles. The molecular weight excluding hydrogens is 378 g/mol. The van der Waals surface area contributed by atoms with Gasteiger partial charge in [-0.2, -0.15) is 0 Å². The van der Waals surface area contributed by atoms with Gasteiger partial charge in [0.1, 0.15) is 11.6 Å². The molecule has 4 heterocycles. The molecule has 1 atom stereocenters. The van der Waals surface area contributed by atoms with Crippen molar-refractivity contribution in [1.82, 2.24) is 9.97 Å². The maximum Gasteiger partial charge on any atom is 0.312 e. The van der Waals surface area contributed by atoms with Crippen LogP contribution >= 0.6 is 0 Å². The van der Waals surface area contributed by atoms with Crippen LogP contribution in [0.5, 0.6) is 5.75 Å². The molecule has 0 unspecified atom stereocenters. The number of fused-ring (bicyclic) bond motifs is 2. The predicted molar refractivity (Wildman–Crippen MR) is 116 cm³/mol. The van der Waals surface area contributed by atoms with E-state index in [1.165, 1.54) is 17.7 Å². The van der Waals surface area contributed by atoms with E-state index in [0.717, 1.165) is 75.2 Å². The fourth-order valence-corrected chi connectivity index (χ4v) is 4.36. The number of rotatable bonds is 10. The second-order valence-corrected chi connectivity index (χ2v) is 8.32. The van der Waals surface area contributed by atoms with Gasteiger partial charge in [-0.05, 0) is 55.9 Å². The highest BCUT2D eigenvalue weighted by molar-refractivity contribution is 5.75. The van der Waals surface area contributed by atoms with Crippen molar-refractivity contribution < 1.29 is 14.6 Å². The van der Waals surface area contributed by atoms with E-state index in [1.807, 2.05) is 12.1 Å². The Hall–Kier alpha value is -2.63. The van der Waals surface area contributed by atoms with Gasteiger partial charge in [0.15, 0.2) is 0 Å². The molecule has 4 rings (SSSR count). The van der Waals surface area contributed by atoms with Crippen LogP contribution in [-0.2, 0) is 24.1 Å². The zero-order valence-corrected chi connectivity index (χ0v) is 17.5. The fraction of sp³-hybridized carbons (Fsp3) is 0.542. The number of unbranched alkanes of at least 4 members (excludes halogenated alkanes) is 4. The molecule has 0 amide bonds. The number of carboxylic acids is 1. The molecule has 0 radical (unpaired) electrons. The minimum atomic E-state index is -0.784. The minimum absolute atomic E-state index is 0.525. The van der Waals surface area contributed by atoms with E-state index in [1.54, 1.807) is 0 Å². The van der Waals surface area contributed by atoms with E-state index in [0.29, 0.717) is 18.7 Å². The van der Waals surface area contributed by atoms with Crippen molar-refractivity contribution in [2.75, 3.05) is 18.5 Å². The molecular formula is C24H31N3O3. The molecule has 0 fully saturated rings. The molecule has 2 aliphatic heterocycles. The standard InChI is InChI=1S/C24H31N3O3/c28-24(29)19(20-12-13-22-21(27-20)14-16-30-22)9-5-3-1-2-4-8-18-11-10-17-7-6-15-25-23(17)26-18/h10-13,19H,1-9,14-16H2,(H,25,26)(H,28,29)/t19-/m1/s1. The Morgan fingerprint density at radius 3 is 2.83 bits per heavy atom. The van der Waals surface area contributed by atoms with Crippen LogP contribution in [0.2, 0.25) is 0 Å². The molecule has 2 aliphatic rings. The van der Waals surface area contributed by atoms with E-state index < -0.39 is 11.9 Å². The van der Waals surface area contributed by atoms with Crippen molar-refractivity contribution in [3.8, 4) is 5.75 Å². The summed E-state index contributed by atoms with van der Waals surface area (Å²) in [4.78, 5) is 21.0. The number of carbonyl (C=O) groups is 1. The summed E-state index contributed by atoms with van der Waals surface area (Å²) in [5.74, 6) is 0.564. The topological polar surface area (TPSA) is 84.3 Å². The normalized spacial score (nSPS) is 15.6. The number of hydrogen-bond donors (Lipinski definition) is 2. The number of nitrogens with zero attached hydrogens (tertiary/aromatic N) is 2. The van der Waals surface area contributed by atoms with Crippen LogP contribution in [0.1, 0.15) is 73.5 Å². The van der Waals surface area contributed by atoms with Gasteiger partial charge in [0, 0.05) is 18.7 Å². The van der Waals surface area contributed by atoms with E-state index in [4.69, 9.17) is 9.72 Å². The fourth-order valence-electron chi connectivity index (χ4n) is 4.36. The summed E-state index contributed by atoms with van der Waals surface area (Å²) in [6.45, 7) is 1.66. The summed E-state index contributed by atoms with van der Waals surface area (Å²) in [5.41, 5.74) is 4.06. The van der Waals surface area contributed by atoms with Gasteiger partial charge in [-0.1, -0.05) is 31.7 Å². The Morgan fingerprint density at radius 2 is 1.93 bits per heavy atom. The van der Waals surface area contributed by atoms with Gasteiger partial charge in [0.05, 0.1) is 23.9 Å². The maximum atomic E-state index is 11.7. The van der Waals surface area contributed by atoms with Gasteiger partial charge in [-0.3, -0.25) is 9.78 Å². The second-order valence-electron chi connectivity index (χ2n) is 8.32. The van der Waals surface area contributed by atoms with Gasteiger partial charge in [-0.25, -0.2) is 4.98 Å². The molecule has 2 aromatic rings. The SMILES string of the molecule is O=C(O)[C@H](CCCCCCCc1ccc2c(n1)NCCC2)c1ccc2c(n1)CCO2. The summed E-state index contributed by atoms with van der Waals surface area (Å²) in [6.07, 6.45) is 10.1. The molecule has 0 aliphatic carbocycles. The van der Waals surface area contributed by atoms with Gasteiger partial charge in [0.2, 0.25) is 0 Å². The van der Waals surface area contributed by atoms with Gasteiger partial charge < -0.3 is 15.2 Å². The lowest BCUT2D eigenvalue weighted by molar-refractivity contribution is -0.139. The number of carboxylic acid groups (broad SMARTS) is 1. The first kappa shape index (κ1) is 20.6. The molecule has 6 heteroatoms. The zero-order valence-electron chi connectivity index (χ0n) is 17.5. The highest BCUT2D eigenvalue weighted by atomic mass is 16.5. The molecule has 6 nitrogen and oxygen atoms in total. The van der Waals surface area contributed by atoms with E-state index in [-0.39, 0.29) is 0 Å². The lowest BCUT2D eigenvalue weighted by Gasteiger charge is -2.17. The molecule has 30 heavy (non-hydrogen) atoms. The van der Waals surface area contributed by atoms with Crippen LogP contribution < -0.4 is 10.1 Å². The Balaban J connectivity index is 1.17. The Labute approximate surface area is 178 Å². The van der Waals surface area contributed by atoms with Crippen LogP contribution in [0.15, 0.2) is 24.3 Å². The second kappa shape index (κ2) is 9.92. The van der Waals surface area contributed by atoms with Gasteiger partial charge >= 0.3 is 5.97 Å². The Morgan fingerprint density at radius 1 is 1.07 bits per heavy atom. The van der Waals surface area contributed by atoms with E-state index >= 15 is 0 Å². The number of aromatic nitrogens is 2. The number of pyridine rings is 2. The highest BCUT2D eigenvalue weighted by Crippen LogP contribution is 2.28. The quantitative estimate of drug-likeness (QED) is 0.561. The van der Waals surface area contributed by atoms with Crippen molar-refractivity contribution in [1.29, 1.82) is 0 Å². The number of anilines is 1.